The van der Waals surface area contributed by atoms with Crippen LogP contribution in [-0.2, 0) is 9.59 Å². The van der Waals surface area contributed by atoms with E-state index < -0.39 is 23.6 Å². The van der Waals surface area contributed by atoms with E-state index >= 15 is 0 Å². The van der Waals surface area contributed by atoms with E-state index in [1.807, 2.05) is 18.2 Å². The summed E-state index contributed by atoms with van der Waals surface area (Å²) in [5.74, 6) is -2.38. The summed E-state index contributed by atoms with van der Waals surface area (Å²) >= 11 is 3.41. The molecule has 1 aliphatic rings. The zero-order valence-electron chi connectivity index (χ0n) is 14.0. The minimum atomic E-state index is -0.713. The highest BCUT2D eigenvalue weighted by atomic mass is 79.9. The Morgan fingerprint density at radius 1 is 1.27 bits per heavy atom. The van der Waals surface area contributed by atoms with Crippen molar-refractivity contribution in [1.29, 1.82) is 0 Å². The molecule has 2 aromatic rings. The van der Waals surface area contributed by atoms with E-state index in [1.54, 1.807) is 17.9 Å². The average molecular weight is 423 g/mol. The summed E-state index contributed by atoms with van der Waals surface area (Å²) in [7, 11) is 0. The molecule has 2 unspecified atom stereocenters. The topological polar surface area (TPSA) is 49.4 Å². The summed E-state index contributed by atoms with van der Waals surface area (Å²) in [6.07, 6.45) is 0.0891. The number of hydrogen-bond donors (Lipinski definition) is 1. The molecule has 4 nitrogen and oxygen atoms in total. The Labute approximate surface area is 158 Å². The lowest BCUT2D eigenvalue weighted by Crippen LogP contribution is -2.35. The molecule has 2 atom stereocenters. The van der Waals surface area contributed by atoms with Gasteiger partial charge in [0.2, 0.25) is 11.8 Å². The van der Waals surface area contributed by atoms with Crippen LogP contribution in [0.5, 0.6) is 0 Å². The molecule has 26 heavy (non-hydrogen) atoms. The van der Waals surface area contributed by atoms with Gasteiger partial charge in [-0.1, -0.05) is 18.2 Å². The monoisotopic (exact) mass is 422 g/mol. The van der Waals surface area contributed by atoms with E-state index in [1.165, 1.54) is 6.07 Å². The molecule has 0 bridgehead atoms. The van der Waals surface area contributed by atoms with Crippen LogP contribution in [0.25, 0.3) is 0 Å². The van der Waals surface area contributed by atoms with Gasteiger partial charge in [-0.3, -0.25) is 9.59 Å². The molecular formula is C19H17BrF2N2O2. The third-order valence-corrected chi connectivity index (χ3v) is 5.10. The Morgan fingerprint density at radius 3 is 2.69 bits per heavy atom. The Kier molecular flexibility index (Phi) is 5.36. The zero-order chi connectivity index (χ0) is 18.8. The molecule has 0 radical (unpaired) electrons. The predicted molar refractivity (Wildman–Crippen MR) is 97.5 cm³/mol. The minimum Gasteiger partial charge on any atom is -0.349 e. The molecular weight excluding hydrogens is 406 g/mol. The molecule has 1 N–H and O–H groups in total. The number of benzene rings is 2. The summed E-state index contributed by atoms with van der Waals surface area (Å²) in [4.78, 5) is 26.4. The third-order valence-electron chi connectivity index (χ3n) is 4.43. The Hall–Kier alpha value is -2.28. The van der Waals surface area contributed by atoms with Crippen molar-refractivity contribution in [2.75, 3.05) is 11.4 Å². The average Bonchev–Trinajstić information content (AvgIpc) is 2.97. The summed E-state index contributed by atoms with van der Waals surface area (Å²) in [6, 6.07) is 9.91. The normalized spacial score (nSPS) is 18.1. The molecule has 1 fully saturated rings. The van der Waals surface area contributed by atoms with E-state index in [0.29, 0.717) is 5.69 Å². The second-order valence-electron chi connectivity index (χ2n) is 6.25. The molecule has 2 amide bonds. The van der Waals surface area contributed by atoms with Crippen LogP contribution in [0.3, 0.4) is 0 Å². The van der Waals surface area contributed by atoms with E-state index in [-0.39, 0.29) is 30.3 Å². The van der Waals surface area contributed by atoms with Crippen molar-refractivity contribution < 1.29 is 18.4 Å². The number of rotatable bonds is 4. The molecule has 1 heterocycles. The molecule has 0 spiro atoms. The predicted octanol–water partition coefficient (Wildman–Crippen LogP) is 3.96. The van der Waals surface area contributed by atoms with E-state index in [0.717, 1.165) is 16.6 Å². The lowest BCUT2D eigenvalue weighted by Gasteiger charge is -2.20. The lowest BCUT2D eigenvalue weighted by molar-refractivity contribution is -0.126. The molecule has 2 aromatic carbocycles. The summed E-state index contributed by atoms with van der Waals surface area (Å²) in [6.45, 7) is 1.88. The smallest absolute Gasteiger partial charge is 0.227 e. The molecule has 0 aliphatic carbocycles. The van der Waals surface area contributed by atoms with Crippen molar-refractivity contribution in [1.82, 2.24) is 5.32 Å². The first-order chi connectivity index (χ1) is 12.4. The van der Waals surface area contributed by atoms with Gasteiger partial charge in [-0.25, -0.2) is 8.78 Å². The van der Waals surface area contributed by atoms with E-state index in [4.69, 9.17) is 0 Å². The van der Waals surface area contributed by atoms with Gasteiger partial charge in [0.1, 0.15) is 11.6 Å². The van der Waals surface area contributed by atoms with Gasteiger partial charge < -0.3 is 10.2 Å². The highest BCUT2D eigenvalue weighted by Gasteiger charge is 2.36. The van der Waals surface area contributed by atoms with Crippen LogP contribution in [0.15, 0.2) is 46.9 Å². The number of nitrogens with one attached hydrogen (secondary N) is 1. The van der Waals surface area contributed by atoms with Crippen LogP contribution in [-0.4, -0.2) is 18.4 Å². The third kappa shape index (κ3) is 3.77. The van der Waals surface area contributed by atoms with Crippen molar-refractivity contribution in [2.24, 2.45) is 5.92 Å². The van der Waals surface area contributed by atoms with Gasteiger partial charge in [-0.15, -0.1) is 0 Å². The Balaban J connectivity index is 1.69. The van der Waals surface area contributed by atoms with Crippen LogP contribution < -0.4 is 10.2 Å². The number of anilines is 1. The highest BCUT2D eigenvalue weighted by Crippen LogP contribution is 2.31. The van der Waals surface area contributed by atoms with Crippen LogP contribution in [0, 0.1) is 17.6 Å². The van der Waals surface area contributed by atoms with Crippen molar-refractivity contribution >= 4 is 33.4 Å². The van der Waals surface area contributed by atoms with Crippen molar-refractivity contribution in [3.63, 3.8) is 0 Å². The molecule has 1 aliphatic heterocycles. The molecule has 0 saturated carbocycles. The summed E-state index contributed by atoms with van der Waals surface area (Å²) in [5, 5.41) is 2.71. The molecule has 0 aromatic heterocycles. The fourth-order valence-corrected chi connectivity index (χ4v) is 3.55. The van der Waals surface area contributed by atoms with Crippen molar-refractivity contribution in [3.05, 3.63) is 64.1 Å². The van der Waals surface area contributed by atoms with Crippen molar-refractivity contribution in [3.8, 4) is 0 Å². The maximum Gasteiger partial charge on any atom is 0.227 e. The van der Waals surface area contributed by atoms with Gasteiger partial charge in [-0.05, 0) is 41.1 Å². The highest BCUT2D eigenvalue weighted by molar-refractivity contribution is 9.10. The SMILES string of the molecule is CC(NC(=O)C1CC(=O)N(c2ccccc2Br)C1)c1ccc(F)cc1F. The molecule has 3 rings (SSSR count). The van der Waals surface area contributed by atoms with Crippen LogP contribution in [0.2, 0.25) is 0 Å². The van der Waals surface area contributed by atoms with Crippen LogP contribution in [0.4, 0.5) is 14.5 Å². The molecule has 136 valence electrons. The first-order valence-corrected chi connectivity index (χ1v) is 8.96. The second kappa shape index (κ2) is 7.53. The maximum absolute atomic E-state index is 13.9. The van der Waals surface area contributed by atoms with Gasteiger partial charge in [-0.2, -0.15) is 0 Å². The van der Waals surface area contributed by atoms with Gasteiger partial charge in [0.15, 0.2) is 0 Å². The first kappa shape index (κ1) is 18.5. The van der Waals surface area contributed by atoms with Crippen LogP contribution in [0.1, 0.15) is 24.9 Å². The molecule has 1 saturated heterocycles. The second-order valence-corrected chi connectivity index (χ2v) is 7.11. The Morgan fingerprint density at radius 2 is 2.00 bits per heavy atom. The number of carbonyl (C=O) groups excluding carboxylic acids is 2. The zero-order valence-corrected chi connectivity index (χ0v) is 15.6. The number of hydrogen-bond acceptors (Lipinski definition) is 2. The number of amides is 2. The van der Waals surface area contributed by atoms with Gasteiger partial charge >= 0.3 is 0 Å². The first-order valence-electron chi connectivity index (χ1n) is 8.17. The van der Waals surface area contributed by atoms with Crippen LogP contribution >= 0.6 is 15.9 Å². The molecule has 7 heteroatoms. The summed E-state index contributed by atoms with van der Waals surface area (Å²) < 4.78 is 27.7. The summed E-state index contributed by atoms with van der Waals surface area (Å²) in [5.41, 5.74) is 0.914. The number of nitrogens with zero attached hydrogens (tertiary/aromatic N) is 1. The standard InChI is InChI=1S/C19H17BrF2N2O2/c1-11(14-7-6-13(21)9-16(14)22)23-19(26)12-8-18(25)24(10-12)17-5-3-2-4-15(17)20/h2-7,9,11-12H,8,10H2,1H3,(H,23,26). The number of halogens is 3. The fraction of sp³-hybridized carbons (Fsp3) is 0.263. The largest absolute Gasteiger partial charge is 0.349 e. The maximum atomic E-state index is 13.9. The Bertz CT molecular complexity index is 859. The number of para-hydroxylation sites is 1. The van der Waals surface area contributed by atoms with E-state index in [9.17, 15) is 18.4 Å². The lowest BCUT2D eigenvalue weighted by atomic mass is 10.0. The fourth-order valence-electron chi connectivity index (χ4n) is 3.05. The number of carbonyl (C=O) groups is 2. The van der Waals surface area contributed by atoms with Crippen molar-refractivity contribution in [2.45, 2.75) is 19.4 Å². The quantitative estimate of drug-likeness (QED) is 0.810. The van der Waals surface area contributed by atoms with Gasteiger partial charge in [0.25, 0.3) is 0 Å². The van der Waals surface area contributed by atoms with Gasteiger partial charge in [0.05, 0.1) is 17.6 Å². The minimum absolute atomic E-state index is 0.0891. The van der Waals surface area contributed by atoms with Gasteiger partial charge in [0, 0.05) is 29.1 Å². The van der Waals surface area contributed by atoms with E-state index in [2.05, 4.69) is 21.2 Å².